The third kappa shape index (κ3) is 14.8. The van der Waals surface area contributed by atoms with Crippen molar-refractivity contribution in [1.82, 2.24) is 20.2 Å². The Kier molecular flexibility index (Phi) is 21.0. The molecule has 0 spiro atoms. The Morgan fingerprint density at radius 1 is 0.773 bits per heavy atom. The quantitative estimate of drug-likeness (QED) is 0.0278. The van der Waals surface area contributed by atoms with Crippen LogP contribution < -0.4 is 26.4 Å². The molecule has 0 fully saturated rings. The Balaban J connectivity index is 0.638. The van der Waals surface area contributed by atoms with Crippen LogP contribution in [0, 0.1) is 11.8 Å². The van der Waals surface area contributed by atoms with Gasteiger partial charge >= 0.3 is 12.1 Å². The van der Waals surface area contributed by atoms with E-state index in [1.54, 1.807) is 71.8 Å². The Labute approximate surface area is 509 Å². The number of aromatic hydroxyl groups is 1. The first-order valence-corrected chi connectivity index (χ1v) is 29.8. The molecule has 0 bridgehead atoms. The Morgan fingerprint density at radius 2 is 1.49 bits per heavy atom. The van der Waals surface area contributed by atoms with Crippen LogP contribution in [0.15, 0.2) is 102 Å². The second kappa shape index (κ2) is 29.1. The van der Waals surface area contributed by atoms with Crippen LogP contribution in [0.4, 0.5) is 16.2 Å². The molecule has 3 atom stereocenters. The minimum Gasteiger partial charge on any atom is -0.508 e. The largest absolute Gasteiger partial charge is 0.510 e. The van der Waals surface area contributed by atoms with Crippen molar-refractivity contribution in [1.29, 1.82) is 0 Å². The fraction of sp³-hybridized carbons (Fsp3) is 0.388. The van der Waals surface area contributed by atoms with Crippen LogP contribution in [0.3, 0.4) is 0 Å². The van der Waals surface area contributed by atoms with Crippen molar-refractivity contribution in [3.8, 4) is 17.1 Å². The molecule has 6 aromatic rings. The summed E-state index contributed by atoms with van der Waals surface area (Å²) in [5, 5.41) is 19.4. The first-order valence-electron chi connectivity index (χ1n) is 29.8. The molecule has 88 heavy (non-hydrogen) atoms. The van der Waals surface area contributed by atoms with Crippen LogP contribution >= 0.6 is 0 Å². The van der Waals surface area contributed by atoms with Gasteiger partial charge in [0.15, 0.2) is 5.78 Å². The van der Waals surface area contributed by atoms with Gasteiger partial charge < -0.3 is 58.9 Å². The fourth-order valence-corrected chi connectivity index (χ4v) is 11.1. The summed E-state index contributed by atoms with van der Waals surface area (Å²) in [4.78, 5) is 113. The van der Waals surface area contributed by atoms with Gasteiger partial charge in [0.2, 0.25) is 29.2 Å². The van der Waals surface area contributed by atoms with Crippen molar-refractivity contribution < 1.29 is 67.1 Å². The summed E-state index contributed by atoms with van der Waals surface area (Å²) in [6.07, 6.45) is 3.78. The lowest BCUT2D eigenvalue weighted by molar-refractivity contribution is -0.175. The first-order chi connectivity index (χ1) is 42.5. The van der Waals surface area contributed by atoms with Crippen molar-refractivity contribution in [3.63, 3.8) is 0 Å². The highest BCUT2D eigenvalue weighted by molar-refractivity contribution is 5.99. The van der Waals surface area contributed by atoms with E-state index in [-0.39, 0.29) is 144 Å². The van der Waals surface area contributed by atoms with Gasteiger partial charge in [-0.15, -0.1) is 0 Å². The standard InChI is InChI=1S/C67H74N6O15/c1-6-49-50-34-48(74)23-24-54(50)70-62-51(49)37-73-56(62)35-53-52(64(73)80)39-86-65(81)67(53,7-2)88-66(82)87-38-43-17-21-47(22-18-43)69-63(79)42(5)16-25-57(75)61(41(3)4)71-59(77)40-85-33-32-84-31-30-83-29-28-68-58(76)26-27-60(78)72-36-46-14-9-8-12-44(46)19-20-45-13-10-11-15-55(45)72/h8-15,17-24,34-35,41-42,61,74H,6-7,16,25-33,36-40H2,1-5H3,(H,68,76)(H,69,79)(H,71,77)/b20-19-/t42-,61+,67+/m1/s1. The number of nitrogens with zero attached hydrogens (tertiary/aromatic N) is 3. The van der Waals surface area contributed by atoms with Crippen molar-refractivity contribution in [2.75, 3.05) is 56.4 Å². The van der Waals surface area contributed by atoms with Crippen molar-refractivity contribution in [2.24, 2.45) is 11.8 Å². The molecule has 0 aliphatic carbocycles. The van der Waals surface area contributed by atoms with Crippen LogP contribution in [0.2, 0.25) is 0 Å². The van der Waals surface area contributed by atoms with Crippen LogP contribution in [0.5, 0.6) is 5.75 Å². The molecule has 4 N–H and O–H groups in total. The number of ketones is 1. The number of carbonyl (C=O) groups is 7. The van der Waals surface area contributed by atoms with E-state index in [9.17, 15) is 43.5 Å². The smallest absolute Gasteiger partial charge is 0.508 e. The van der Waals surface area contributed by atoms with E-state index in [4.69, 9.17) is 33.4 Å². The molecule has 4 aromatic carbocycles. The highest BCUT2D eigenvalue weighted by Gasteiger charge is 2.51. The summed E-state index contributed by atoms with van der Waals surface area (Å²) in [5.41, 5.74) is 6.18. The Hall–Kier alpha value is -9.05. The predicted octanol–water partition coefficient (Wildman–Crippen LogP) is 8.44. The van der Waals surface area contributed by atoms with Crippen LogP contribution in [-0.4, -0.2) is 108 Å². The summed E-state index contributed by atoms with van der Waals surface area (Å²) in [7, 11) is 0. The molecular formula is C67H74N6O15. The van der Waals surface area contributed by atoms with E-state index < -0.39 is 41.2 Å². The molecule has 0 radical (unpaired) electrons. The lowest BCUT2D eigenvalue weighted by Gasteiger charge is -2.35. The molecule has 0 unspecified atom stereocenters. The second-order valence-electron chi connectivity index (χ2n) is 22.3. The number of esters is 1. The summed E-state index contributed by atoms with van der Waals surface area (Å²) in [5.74, 6) is -2.96. The molecule has 21 heteroatoms. The van der Waals surface area contributed by atoms with Gasteiger partial charge in [0.05, 0.1) is 80.3 Å². The van der Waals surface area contributed by atoms with Crippen molar-refractivity contribution in [2.45, 2.75) is 111 Å². The molecule has 9 rings (SSSR count). The molecule has 0 saturated heterocycles. The van der Waals surface area contributed by atoms with Gasteiger partial charge in [-0.25, -0.2) is 14.6 Å². The number of nitrogens with one attached hydrogen (secondary N) is 3. The van der Waals surface area contributed by atoms with Crippen molar-refractivity contribution in [3.05, 3.63) is 152 Å². The number of Topliss-reactive ketones (excluding diaryl/α,β-unsaturated/α-hetero) is 1. The molecule has 2 aromatic heterocycles. The highest BCUT2D eigenvalue weighted by Crippen LogP contribution is 2.43. The summed E-state index contributed by atoms with van der Waals surface area (Å²) >= 11 is 0. The van der Waals surface area contributed by atoms with E-state index >= 15 is 0 Å². The molecule has 462 valence electrons. The molecule has 5 heterocycles. The van der Waals surface area contributed by atoms with E-state index in [0.717, 1.165) is 38.9 Å². The molecule has 3 aliphatic heterocycles. The molecule has 0 saturated carbocycles. The van der Waals surface area contributed by atoms with E-state index in [1.807, 2.05) is 75.4 Å². The number of ether oxygens (including phenoxy) is 6. The topological polar surface area (TPSA) is 269 Å². The normalized spacial score (nSPS) is 15.7. The number of rotatable bonds is 27. The van der Waals surface area contributed by atoms with Crippen LogP contribution in [-0.2, 0) is 95.5 Å². The number of phenolic OH excluding ortho intramolecular Hbond substituents is 1. The number of hydrogen-bond donors (Lipinski definition) is 4. The fourth-order valence-electron chi connectivity index (χ4n) is 11.1. The number of hydrogen-bond acceptors (Lipinski definition) is 16. The second-order valence-corrected chi connectivity index (χ2v) is 22.3. The first kappa shape index (κ1) is 63.5. The van der Waals surface area contributed by atoms with Gasteiger partial charge in [-0.05, 0) is 95.5 Å². The zero-order valence-corrected chi connectivity index (χ0v) is 50.1. The molecule has 21 nitrogen and oxygen atoms in total. The number of fused-ring (bicyclic) bond motifs is 7. The van der Waals surface area contributed by atoms with Crippen molar-refractivity contribution >= 4 is 76.0 Å². The lowest BCUT2D eigenvalue weighted by Crippen LogP contribution is -2.47. The number of carbonyl (C=O) groups excluding carboxylic acids is 7. The number of amides is 4. The maximum atomic E-state index is 14.1. The number of anilines is 2. The number of phenols is 1. The number of pyridine rings is 2. The highest BCUT2D eigenvalue weighted by atomic mass is 16.7. The number of aromatic nitrogens is 2. The third-order valence-electron chi connectivity index (χ3n) is 16.0. The number of para-hydroxylation sites is 1. The number of cyclic esters (lactones) is 1. The van der Waals surface area contributed by atoms with Gasteiger partial charge in [-0.2, -0.15) is 0 Å². The third-order valence-corrected chi connectivity index (χ3v) is 16.0. The Morgan fingerprint density at radius 3 is 2.24 bits per heavy atom. The molecular weight excluding hydrogens is 1130 g/mol. The van der Waals surface area contributed by atoms with Crippen LogP contribution in [0.25, 0.3) is 34.4 Å². The summed E-state index contributed by atoms with van der Waals surface area (Å²) in [6.45, 7) is 10.1. The van der Waals surface area contributed by atoms with Gasteiger partial charge in [0.25, 0.3) is 5.56 Å². The van der Waals surface area contributed by atoms with E-state index in [2.05, 4.69) is 22.0 Å². The van der Waals surface area contributed by atoms with Gasteiger partial charge in [-0.1, -0.05) is 101 Å². The van der Waals surface area contributed by atoms with E-state index in [0.29, 0.717) is 41.1 Å². The van der Waals surface area contributed by atoms with E-state index in [1.165, 1.54) is 0 Å². The number of benzene rings is 4. The maximum Gasteiger partial charge on any atom is 0.510 e. The average molecular weight is 1200 g/mol. The number of aryl methyl sites for hydroxylation is 1. The predicted molar refractivity (Wildman–Crippen MR) is 328 cm³/mol. The summed E-state index contributed by atoms with van der Waals surface area (Å²) < 4.78 is 35.0. The zero-order chi connectivity index (χ0) is 62.5. The Bertz CT molecular complexity index is 3690. The summed E-state index contributed by atoms with van der Waals surface area (Å²) in [6, 6.07) is 28.0. The minimum absolute atomic E-state index is 0.0361. The molecule has 3 aliphatic rings. The van der Waals surface area contributed by atoms with Gasteiger partial charge in [-0.3, -0.25) is 28.8 Å². The lowest BCUT2D eigenvalue weighted by atomic mass is 9.85. The van der Waals surface area contributed by atoms with Crippen LogP contribution in [0.1, 0.15) is 111 Å². The average Bonchev–Trinajstić information content (AvgIpc) is 1.79. The SMILES string of the molecule is CCc1c2c(nc3ccc(O)cc13)-c1cc3c(c(=O)n1C2)COC(=O)[C@@]3(CC)OC(=O)OCc1ccc(NC(=O)[C@H](C)CCC(=O)[C@@H](NC(=O)COCCOCCOCCNC(=O)CCC(=O)N2Cc3ccccc3/C=C\c3ccccc32)C(C)C)cc1. The van der Waals surface area contributed by atoms with Gasteiger partial charge in [0.1, 0.15) is 25.6 Å². The maximum absolute atomic E-state index is 14.1. The van der Waals surface area contributed by atoms with Gasteiger partial charge in [0, 0.05) is 53.9 Å². The monoisotopic (exact) mass is 1200 g/mol. The zero-order valence-electron chi connectivity index (χ0n) is 50.1. The minimum atomic E-state index is -1.99. The molecule has 4 amide bonds.